The monoisotopic (exact) mass is 378 g/mol. The average Bonchev–Trinajstić information content (AvgIpc) is 2.67. The molecule has 2 amide bonds. The first-order chi connectivity index (χ1) is 13.5. The molecule has 0 radical (unpaired) electrons. The smallest absolute Gasteiger partial charge is 0.234 e. The minimum absolute atomic E-state index is 0.0457. The van der Waals surface area contributed by atoms with Crippen LogP contribution in [0.5, 0.6) is 0 Å². The summed E-state index contributed by atoms with van der Waals surface area (Å²) in [5.74, 6) is -0.237. The molecule has 2 aromatic rings. The number of hydrogen-bond acceptors (Lipinski definition) is 4. The third kappa shape index (κ3) is 6.86. The van der Waals surface area contributed by atoms with Gasteiger partial charge in [-0.25, -0.2) is 0 Å². The molecule has 2 N–H and O–H groups in total. The van der Waals surface area contributed by atoms with Crippen molar-refractivity contribution in [3.8, 4) is 6.07 Å². The zero-order chi connectivity index (χ0) is 20.4. The highest BCUT2D eigenvalue weighted by molar-refractivity contribution is 5.88. The lowest BCUT2D eigenvalue weighted by Crippen LogP contribution is -2.38. The third-order valence-electron chi connectivity index (χ3n) is 4.37. The second kappa shape index (κ2) is 10.9. The Labute approximate surface area is 166 Å². The second-order valence-electron chi connectivity index (χ2n) is 6.63. The quantitative estimate of drug-likeness (QED) is 0.656. The number of nitrogens with zero attached hydrogens (tertiary/aromatic N) is 2. The van der Waals surface area contributed by atoms with E-state index in [0.717, 1.165) is 16.8 Å². The molecule has 6 heteroatoms. The maximum Gasteiger partial charge on any atom is 0.234 e. The van der Waals surface area contributed by atoms with Gasteiger partial charge in [0.05, 0.1) is 19.0 Å². The second-order valence-corrected chi connectivity index (χ2v) is 6.63. The van der Waals surface area contributed by atoms with Gasteiger partial charge in [0.1, 0.15) is 0 Å². The van der Waals surface area contributed by atoms with Crippen molar-refractivity contribution in [2.75, 3.05) is 18.4 Å². The Balaban J connectivity index is 2.18. The summed E-state index contributed by atoms with van der Waals surface area (Å²) in [6, 6.07) is 19.6. The van der Waals surface area contributed by atoms with Crippen LogP contribution in [-0.2, 0) is 16.1 Å². The van der Waals surface area contributed by atoms with E-state index in [1.165, 1.54) is 6.92 Å². The number of anilines is 1. The molecule has 146 valence electrons. The van der Waals surface area contributed by atoms with Crippen LogP contribution in [0.15, 0.2) is 54.6 Å². The molecule has 1 atom stereocenters. The van der Waals surface area contributed by atoms with Crippen molar-refractivity contribution >= 4 is 17.5 Å². The number of nitrogens with one attached hydrogen (secondary N) is 2. The number of carbonyl (C=O) groups excluding carboxylic acids is 2. The van der Waals surface area contributed by atoms with E-state index in [1.807, 2.05) is 67.6 Å². The maximum absolute atomic E-state index is 12.3. The Morgan fingerprint density at radius 1 is 1.14 bits per heavy atom. The van der Waals surface area contributed by atoms with Crippen LogP contribution in [0.25, 0.3) is 0 Å². The van der Waals surface area contributed by atoms with Crippen LogP contribution >= 0.6 is 0 Å². The van der Waals surface area contributed by atoms with Crippen molar-refractivity contribution in [1.29, 1.82) is 5.26 Å². The summed E-state index contributed by atoms with van der Waals surface area (Å²) < 4.78 is 0. The van der Waals surface area contributed by atoms with Gasteiger partial charge in [0, 0.05) is 31.7 Å². The van der Waals surface area contributed by atoms with Crippen LogP contribution in [0.4, 0.5) is 5.69 Å². The van der Waals surface area contributed by atoms with Crippen LogP contribution in [0.1, 0.15) is 37.4 Å². The van der Waals surface area contributed by atoms with E-state index in [9.17, 15) is 9.59 Å². The molecule has 28 heavy (non-hydrogen) atoms. The number of rotatable bonds is 9. The van der Waals surface area contributed by atoms with Gasteiger partial charge < -0.3 is 10.6 Å². The van der Waals surface area contributed by atoms with Crippen LogP contribution in [-0.4, -0.2) is 29.8 Å². The standard InChI is InChI=1S/C22H26N4O2/c1-17(20-10-6-11-21(14-20)25-18(2)27)26(15-19-8-4-3-5-9-19)16-22(28)24-13-7-12-23/h3-6,8-11,14,17H,7,13,15-16H2,1-2H3,(H,24,28)(H,25,27). The van der Waals surface area contributed by atoms with Gasteiger partial charge in [-0.05, 0) is 30.2 Å². The minimum Gasteiger partial charge on any atom is -0.354 e. The van der Waals surface area contributed by atoms with Gasteiger partial charge in [0.15, 0.2) is 0 Å². The number of carbonyl (C=O) groups is 2. The normalized spacial score (nSPS) is 11.5. The van der Waals surface area contributed by atoms with E-state index >= 15 is 0 Å². The van der Waals surface area contributed by atoms with Crippen LogP contribution in [0.2, 0.25) is 0 Å². The van der Waals surface area contributed by atoms with Crippen LogP contribution < -0.4 is 10.6 Å². The van der Waals surface area contributed by atoms with Crippen molar-refractivity contribution in [2.45, 2.75) is 32.9 Å². The number of benzene rings is 2. The van der Waals surface area contributed by atoms with E-state index in [-0.39, 0.29) is 24.4 Å². The van der Waals surface area contributed by atoms with E-state index < -0.39 is 0 Å². The number of amides is 2. The first kappa shape index (κ1) is 21.1. The molecule has 0 saturated heterocycles. The lowest BCUT2D eigenvalue weighted by molar-refractivity contribution is -0.123. The summed E-state index contributed by atoms with van der Waals surface area (Å²) in [4.78, 5) is 25.8. The molecule has 0 saturated carbocycles. The Bertz CT molecular complexity index is 830. The Morgan fingerprint density at radius 2 is 1.89 bits per heavy atom. The Hall–Kier alpha value is -3.17. The summed E-state index contributed by atoms with van der Waals surface area (Å²) in [6.07, 6.45) is 0.290. The summed E-state index contributed by atoms with van der Waals surface area (Å²) in [5, 5.41) is 14.2. The lowest BCUT2D eigenvalue weighted by atomic mass is 10.0. The molecule has 0 aliphatic heterocycles. The van der Waals surface area contributed by atoms with Crippen LogP contribution in [0, 0.1) is 11.3 Å². The van der Waals surface area contributed by atoms with E-state index in [4.69, 9.17) is 5.26 Å². The molecule has 0 aliphatic rings. The van der Waals surface area contributed by atoms with Crippen LogP contribution in [0.3, 0.4) is 0 Å². The molecular weight excluding hydrogens is 352 g/mol. The zero-order valence-electron chi connectivity index (χ0n) is 16.3. The highest BCUT2D eigenvalue weighted by Crippen LogP contribution is 2.24. The molecule has 1 unspecified atom stereocenters. The molecule has 2 rings (SSSR count). The fraction of sp³-hybridized carbons (Fsp3) is 0.318. The zero-order valence-corrected chi connectivity index (χ0v) is 16.3. The first-order valence-corrected chi connectivity index (χ1v) is 9.28. The van der Waals surface area contributed by atoms with Crippen molar-refractivity contribution < 1.29 is 9.59 Å². The molecule has 0 spiro atoms. The molecule has 2 aromatic carbocycles. The van der Waals surface area contributed by atoms with E-state index in [0.29, 0.717) is 19.5 Å². The van der Waals surface area contributed by atoms with Gasteiger partial charge in [-0.2, -0.15) is 5.26 Å². The molecule has 0 aliphatic carbocycles. The molecule has 0 bridgehead atoms. The predicted molar refractivity (Wildman–Crippen MR) is 109 cm³/mol. The molecular formula is C22H26N4O2. The van der Waals surface area contributed by atoms with E-state index in [1.54, 1.807) is 0 Å². The van der Waals surface area contributed by atoms with Crippen molar-refractivity contribution in [3.05, 3.63) is 65.7 Å². The summed E-state index contributed by atoms with van der Waals surface area (Å²) >= 11 is 0. The lowest BCUT2D eigenvalue weighted by Gasteiger charge is -2.29. The highest BCUT2D eigenvalue weighted by Gasteiger charge is 2.19. The SMILES string of the molecule is CC(=O)Nc1cccc(C(C)N(CC(=O)NCCC#N)Cc2ccccc2)c1. The first-order valence-electron chi connectivity index (χ1n) is 9.28. The largest absolute Gasteiger partial charge is 0.354 e. The van der Waals surface area contributed by atoms with Gasteiger partial charge >= 0.3 is 0 Å². The maximum atomic E-state index is 12.3. The number of nitriles is 1. The predicted octanol–water partition coefficient (Wildman–Crippen LogP) is 3.24. The molecule has 0 aromatic heterocycles. The fourth-order valence-electron chi connectivity index (χ4n) is 2.94. The molecule has 6 nitrogen and oxygen atoms in total. The number of hydrogen-bond donors (Lipinski definition) is 2. The van der Waals surface area contributed by atoms with Gasteiger partial charge in [0.2, 0.25) is 11.8 Å². The Morgan fingerprint density at radius 3 is 2.57 bits per heavy atom. The van der Waals surface area contributed by atoms with Gasteiger partial charge in [-0.15, -0.1) is 0 Å². The minimum atomic E-state index is -0.122. The van der Waals surface area contributed by atoms with Crippen molar-refractivity contribution in [1.82, 2.24) is 10.2 Å². The van der Waals surface area contributed by atoms with E-state index in [2.05, 4.69) is 15.5 Å². The van der Waals surface area contributed by atoms with Crippen molar-refractivity contribution in [2.24, 2.45) is 0 Å². The molecule has 0 fully saturated rings. The Kier molecular flexibility index (Phi) is 8.19. The summed E-state index contributed by atoms with van der Waals surface area (Å²) in [5.41, 5.74) is 2.85. The highest BCUT2D eigenvalue weighted by atomic mass is 16.2. The van der Waals surface area contributed by atoms with Crippen molar-refractivity contribution in [3.63, 3.8) is 0 Å². The topological polar surface area (TPSA) is 85.2 Å². The van der Waals surface area contributed by atoms with Gasteiger partial charge in [0.25, 0.3) is 0 Å². The van der Waals surface area contributed by atoms with Gasteiger partial charge in [-0.3, -0.25) is 14.5 Å². The summed E-state index contributed by atoms with van der Waals surface area (Å²) in [7, 11) is 0. The summed E-state index contributed by atoms with van der Waals surface area (Å²) in [6.45, 7) is 4.69. The fourth-order valence-corrected chi connectivity index (χ4v) is 2.94. The average molecular weight is 378 g/mol. The molecule has 0 heterocycles. The third-order valence-corrected chi connectivity index (χ3v) is 4.37. The van der Waals surface area contributed by atoms with Gasteiger partial charge in [-0.1, -0.05) is 42.5 Å².